The molecule has 1 aromatic heterocycles. The highest BCUT2D eigenvalue weighted by atomic mass is 32.1. The Hall–Kier alpha value is -0.850. The number of hydrogen-bond acceptors (Lipinski definition) is 3. The molecule has 1 atom stereocenters. The van der Waals surface area contributed by atoms with Gasteiger partial charge in [-0.15, -0.1) is 11.3 Å². The Balaban J connectivity index is 2.91. The number of nitrogens with zero attached hydrogens (tertiary/aromatic N) is 1. The Morgan fingerprint density at radius 1 is 1.80 bits per heavy atom. The standard InChI is InChI=1S/C7H8N2S/c1-5(9)6-2-7(3-8)10-4-6/h2,4-5H,9H2,1H3. The predicted octanol–water partition coefficient (Wildman–Crippen LogP) is 1.64. The van der Waals surface area contributed by atoms with Crippen LogP contribution in [0, 0.1) is 11.3 Å². The maximum absolute atomic E-state index is 8.45. The summed E-state index contributed by atoms with van der Waals surface area (Å²) >= 11 is 1.44. The zero-order chi connectivity index (χ0) is 7.56. The minimum absolute atomic E-state index is 0.0401. The number of rotatable bonds is 1. The number of hydrogen-bond donors (Lipinski definition) is 1. The molecule has 1 rings (SSSR count). The molecule has 1 unspecified atom stereocenters. The lowest BCUT2D eigenvalue weighted by molar-refractivity contribution is 0.823. The largest absolute Gasteiger partial charge is 0.324 e. The first-order valence-electron chi connectivity index (χ1n) is 2.98. The van der Waals surface area contributed by atoms with E-state index in [1.165, 1.54) is 11.3 Å². The Bertz CT molecular complexity index is 257. The second-order valence-corrected chi connectivity index (χ2v) is 3.06. The average molecular weight is 152 g/mol. The molecule has 2 nitrogen and oxygen atoms in total. The summed E-state index contributed by atoms with van der Waals surface area (Å²) < 4.78 is 0. The number of nitrogens with two attached hydrogens (primary N) is 1. The predicted molar refractivity (Wildman–Crippen MR) is 41.6 cm³/mol. The molecule has 0 bridgehead atoms. The Morgan fingerprint density at radius 2 is 2.50 bits per heavy atom. The first-order valence-corrected chi connectivity index (χ1v) is 3.86. The van der Waals surface area contributed by atoms with Crippen molar-refractivity contribution in [2.75, 3.05) is 0 Å². The van der Waals surface area contributed by atoms with Crippen molar-refractivity contribution in [2.45, 2.75) is 13.0 Å². The van der Waals surface area contributed by atoms with Gasteiger partial charge in [0.2, 0.25) is 0 Å². The third kappa shape index (κ3) is 1.35. The summed E-state index contributed by atoms with van der Waals surface area (Å²) in [5.41, 5.74) is 6.62. The lowest BCUT2D eigenvalue weighted by Crippen LogP contribution is -2.02. The Morgan fingerprint density at radius 3 is 2.80 bits per heavy atom. The molecule has 1 aromatic rings. The van der Waals surface area contributed by atoms with Gasteiger partial charge in [0.15, 0.2) is 0 Å². The van der Waals surface area contributed by atoms with Crippen LogP contribution in [-0.2, 0) is 0 Å². The van der Waals surface area contributed by atoms with Crippen LogP contribution in [0.25, 0.3) is 0 Å². The van der Waals surface area contributed by atoms with E-state index in [2.05, 4.69) is 6.07 Å². The molecule has 0 saturated carbocycles. The summed E-state index contributed by atoms with van der Waals surface area (Å²) in [6, 6.07) is 3.93. The van der Waals surface area contributed by atoms with Gasteiger partial charge >= 0.3 is 0 Å². The quantitative estimate of drug-likeness (QED) is 0.665. The summed E-state index contributed by atoms with van der Waals surface area (Å²) in [6.07, 6.45) is 0. The van der Waals surface area contributed by atoms with Crippen molar-refractivity contribution in [3.05, 3.63) is 21.9 Å². The maximum Gasteiger partial charge on any atom is 0.110 e. The van der Waals surface area contributed by atoms with Crippen LogP contribution < -0.4 is 5.73 Å². The lowest BCUT2D eigenvalue weighted by atomic mass is 10.2. The third-order valence-electron chi connectivity index (χ3n) is 1.26. The van der Waals surface area contributed by atoms with Crippen LogP contribution in [0.2, 0.25) is 0 Å². The Kier molecular flexibility index (Phi) is 2.05. The number of nitriles is 1. The molecule has 3 heteroatoms. The van der Waals surface area contributed by atoms with Crippen LogP contribution in [0.3, 0.4) is 0 Å². The van der Waals surface area contributed by atoms with E-state index < -0.39 is 0 Å². The number of thiophene rings is 1. The van der Waals surface area contributed by atoms with E-state index in [9.17, 15) is 0 Å². The van der Waals surface area contributed by atoms with Crippen molar-refractivity contribution in [2.24, 2.45) is 5.73 Å². The average Bonchev–Trinajstić information content (AvgIpc) is 2.34. The molecule has 10 heavy (non-hydrogen) atoms. The van der Waals surface area contributed by atoms with Crippen molar-refractivity contribution in [3.63, 3.8) is 0 Å². The fourth-order valence-electron chi connectivity index (χ4n) is 0.648. The lowest BCUT2D eigenvalue weighted by Gasteiger charge is -1.97. The van der Waals surface area contributed by atoms with E-state index in [1.54, 1.807) is 0 Å². The molecular formula is C7H8N2S. The van der Waals surface area contributed by atoms with Gasteiger partial charge < -0.3 is 5.73 Å². The van der Waals surface area contributed by atoms with Gasteiger partial charge in [-0.1, -0.05) is 0 Å². The summed E-state index contributed by atoms with van der Waals surface area (Å²) in [5, 5.41) is 10.4. The molecule has 0 saturated heterocycles. The third-order valence-corrected chi connectivity index (χ3v) is 2.11. The highest BCUT2D eigenvalue weighted by Gasteiger charge is 2.01. The molecule has 0 spiro atoms. The van der Waals surface area contributed by atoms with Crippen molar-refractivity contribution in [1.29, 1.82) is 5.26 Å². The van der Waals surface area contributed by atoms with E-state index in [0.29, 0.717) is 0 Å². The second-order valence-electron chi connectivity index (χ2n) is 2.14. The van der Waals surface area contributed by atoms with Crippen molar-refractivity contribution < 1.29 is 0 Å². The van der Waals surface area contributed by atoms with Crippen LogP contribution in [-0.4, -0.2) is 0 Å². The van der Waals surface area contributed by atoms with E-state index >= 15 is 0 Å². The first-order chi connectivity index (χ1) is 4.74. The summed E-state index contributed by atoms with van der Waals surface area (Å²) in [6.45, 7) is 1.91. The van der Waals surface area contributed by atoms with E-state index in [4.69, 9.17) is 11.0 Å². The van der Waals surface area contributed by atoms with Crippen molar-refractivity contribution in [1.82, 2.24) is 0 Å². The molecule has 0 aromatic carbocycles. The van der Waals surface area contributed by atoms with Crippen LogP contribution in [0.15, 0.2) is 11.4 Å². The van der Waals surface area contributed by atoms with Crippen LogP contribution in [0.4, 0.5) is 0 Å². The minimum atomic E-state index is 0.0401. The molecular weight excluding hydrogens is 144 g/mol. The molecule has 0 aliphatic carbocycles. The molecule has 1 heterocycles. The van der Waals surface area contributed by atoms with Gasteiger partial charge in [-0.25, -0.2) is 0 Å². The second kappa shape index (κ2) is 2.82. The Labute approximate surface area is 63.9 Å². The highest BCUT2D eigenvalue weighted by molar-refractivity contribution is 7.10. The topological polar surface area (TPSA) is 49.8 Å². The van der Waals surface area contributed by atoms with Crippen molar-refractivity contribution >= 4 is 11.3 Å². The molecule has 0 radical (unpaired) electrons. The highest BCUT2D eigenvalue weighted by Crippen LogP contribution is 2.17. The maximum atomic E-state index is 8.45. The minimum Gasteiger partial charge on any atom is -0.324 e. The monoisotopic (exact) mass is 152 g/mol. The molecule has 2 N–H and O–H groups in total. The fourth-order valence-corrected chi connectivity index (χ4v) is 1.45. The normalized spacial score (nSPS) is 12.5. The van der Waals surface area contributed by atoms with Crippen LogP contribution >= 0.6 is 11.3 Å². The zero-order valence-electron chi connectivity index (χ0n) is 5.66. The summed E-state index contributed by atoms with van der Waals surface area (Å²) in [5.74, 6) is 0. The molecule has 0 fully saturated rings. The first kappa shape index (κ1) is 7.26. The van der Waals surface area contributed by atoms with Crippen LogP contribution in [0.5, 0.6) is 0 Å². The van der Waals surface area contributed by atoms with Gasteiger partial charge in [-0.2, -0.15) is 5.26 Å². The fraction of sp³-hybridized carbons (Fsp3) is 0.286. The van der Waals surface area contributed by atoms with Gasteiger partial charge in [-0.3, -0.25) is 0 Å². The summed E-state index contributed by atoms with van der Waals surface area (Å²) in [7, 11) is 0. The summed E-state index contributed by atoms with van der Waals surface area (Å²) in [4.78, 5) is 0.729. The SMILES string of the molecule is CC(N)c1csc(C#N)c1. The smallest absolute Gasteiger partial charge is 0.110 e. The van der Waals surface area contributed by atoms with E-state index in [-0.39, 0.29) is 6.04 Å². The zero-order valence-corrected chi connectivity index (χ0v) is 6.48. The molecule has 0 aliphatic rings. The van der Waals surface area contributed by atoms with Gasteiger partial charge in [0.05, 0.1) is 0 Å². The van der Waals surface area contributed by atoms with Crippen LogP contribution in [0.1, 0.15) is 23.4 Å². The van der Waals surface area contributed by atoms with Gasteiger partial charge in [0, 0.05) is 6.04 Å². The van der Waals surface area contributed by atoms with Crippen molar-refractivity contribution in [3.8, 4) is 6.07 Å². The molecule has 0 aliphatic heterocycles. The molecule has 0 amide bonds. The van der Waals surface area contributed by atoms with E-state index in [0.717, 1.165) is 10.4 Å². The van der Waals surface area contributed by atoms with Gasteiger partial charge in [0.25, 0.3) is 0 Å². The van der Waals surface area contributed by atoms with Gasteiger partial charge in [-0.05, 0) is 23.9 Å². The van der Waals surface area contributed by atoms with Gasteiger partial charge in [0.1, 0.15) is 10.9 Å². The molecule has 52 valence electrons. The van der Waals surface area contributed by atoms with E-state index in [1.807, 2.05) is 18.4 Å².